The standard InChI is InChI=1S/C14H12FNO2/c1-18-13-8-3-2-7-12(13)16-14(17)10-5-4-6-11(15)9-10/h2-9H,1H3,(H,16,17). The summed E-state index contributed by atoms with van der Waals surface area (Å²) < 4.78 is 18.1. The lowest BCUT2D eigenvalue weighted by atomic mass is 10.2. The van der Waals surface area contributed by atoms with Gasteiger partial charge in [-0.2, -0.15) is 0 Å². The van der Waals surface area contributed by atoms with Crippen LogP contribution in [0.1, 0.15) is 10.4 Å². The van der Waals surface area contributed by atoms with Gasteiger partial charge < -0.3 is 10.1 Å². The molecule has 0 bridgehead atoms. The average Bonchev–Trinajstić information content (AvgIpc) is 2.39. The molecule has 4 heteroatoms. The number of para-hydroxylation sites is 2. The highest BCUT2D eigenvalue weighted by molar-refractivity contribution is 6.05. The minimum Gasteiger partial charge on any atom is -0.495 e. The second-order valence-electron chi connectivity index (χ2n) is 3.66. The van der Waals surface area contributed by atoms with Crippen molar-refractivity contribution in [3.05, 3.63) is 59.9 Å². The van der Waals surface area contributed by atoms with E-state index in [-0.39, 0.29) is 11.5 Å². The zero-order chi connectivity index (χ0) is 13.0. The van der Waals surface area contributed by atoms with Crippen LogP contribution in [0.4, 0.5) is 10.1 Å². The lowest BCUT2D eigenvalue weighted by molar-refractivity contribution is 0.102. The molecular weight excluding hydrogens is 233 g/mol. The third-order valence-corrected chi connectivity index (χ3v) is 2.44. The third-order valence-electron chi connectivity index (χ3n) is 2.44. The number of benzene rings is 2. The second kappa shape index (κ2) is 5.31. The van der Waals surface area contributed by atoms with Gasteiger partial charge in [-0.25, -0.2) is 4.39 Å². The molecule has 1 amide bonds. The fourth-order valence-electron chi connectivity index (χ4n) is 1.57. The molecule has 0 radical (unpaired) electrons. The van der Waals surface area contributed by atoms with Crippen molar-refractivity contribution in [2.45, 2.75) is 0 Å². The monoisotopic (exact) mass is 245 g/mol. The molecule has 18 heavy (non-hydrogen) atoms. The molecule has 2 rings (SSSR count). The Kier molecular flexibility index (Phi) is 3.57. The number of carbonyl (C=O) groups excluding carboxylic acids is 1. The predicted molar refractivity (Wildman–Crippen MR) is 67.3 cm³/mol. The Balaban J connectivity index is 2.21. The Bertz CT molecular complexity index is 569. The number of hydrogen-bond acceptors (Lipinski definition) is 2. The van der Waals surface area contributed by atoms with Gasteiger partial charge in [0.1, 0.15) is 11.6 Å². The number of methoxy groups -OCH3 is 1. The number of rotatable bonds is 3. The van der Waals surface area contributed by atoms with Gasteiger partial charge in [-0.1, -0.05) is 18.2 Å². The van der Waals surface area contributed by atoms with E-state index < -0.39 is 5.82 Å². The zero-order valence-corrected chi connectivity index (χ0v) is 9.81. The van der Waals surface area contributed by atoms with Crippen molar-refractivity contribution in [2.24, 2.45) is 0 Å². The van der Waals surface area contributed by atoms with E-state index in [1.807, 2.05) is 0 Å². The van der Waals surface area contributed by atoms with Crippen LogP contribution in [0.25, 0.3) is 0 Å². The molecule has 0 aliphatic carbocycles. The number of hydrogen-bond donors (Lipinski definition) is 1. The molecule has 0 saturated carbocycles. The first-order valence-corrected chi connectivity index (χ1v) is 5.40. The summed E-state index contributed by atoms with van der Waals surface area (Å²) in [5.41, 5.74) is 0.815. The Hall–Kier alpha value is -2.36. The van der Waals surface area contributed by atoms with Crippen LogP contribution in [0.2, 0.25) is 0 Å². The van der Waals surface area contributed by atoms with Crippen LogP contribution < -0.4 is 10.1 Å². The van der Waals surface area contributed by atoms with Gasteiger partial charge >= 0.3 is 0 Å². The smallest absolute Gasteiger partial charge is 0.255 e. The molecule has 0 atom stereocenters. The number of anilines is 1. The molecule has 0 aliphatic rings. The van der Waals surface area contributed by atoms with Crippen molar-refractivity contribution in [3.63, 3.8) is 0 Å². The van der Waals surface area contributed by atoms with Gasteiger partial charge in [0.05, 0.1) is 12.8 Å². The topological polar surface area (TPSA) is 38.3 Å². The molecule has 0 unspecified atom stereocenters. The van der Waals surface area contributed by atoms with E-state index in [9.17, 15) is 9.18 Å². The van der Waals surface area contributed by atoms with E-state index in [0.29, 0.717) is 11.4 Å². The van der Waals surface area contributed by atoms with E-state index >= 15 is 0 Å². The first kappa shape index (κ1) is 12.1. The fraction of sp³-hybridized carbons (Fsp3) is 0.0714. The predicted octanol–water partition coefficient (Wildman–Crippen LogP) is 3.09. The number of carbonyl (C=O) groups is 1. The van der Waals surface area contributed by atoms with E-state index in [4.69, 9.17) is 4.74 Å². The van der Waals surface area contributed by atoms with E-state index in [2.05, 4.69) is 5.32 Å². The third kappa shape index (κ3) is 2.66. The van der Waals surface area contributed by atoms with Crippen LogP contribution in [0, 0.1) is 5.82 Å². The molecule has 92 valence electrons. The van der Waals surface area contributed by atoms with E-state index in [1.165, 1.54) is 25.3 Å². The maximum atomic E-state index is 13.0. The molecule has 0 spiro atoms. The normalized spacial score (nSPS) is 9.89. The highest BCUT2D eigenvalue weighted by atomic mass is 19.1. The van der Waals surface area contributed by atoms with Crippen LogP contribution >= 0.6 is 0 Å². The van der Waals surface area contributed by atoms with Gasteiger partial charge in [-0.3, -0.25) is 4.79 Å². The van der Waals surface area contributed by atoms with Gasteiger partial charge in [-0.05, 0) is 30.3 Å². The number of halogens is 1. The molecule has 0 saturated heterocycles. The molecule has 2 aromatic rings. The molecule has 2 aromatic carbocycles. The minimum atomic E-state index is -0.442. The number of ether oxygens (including phenoxy) is 1. The summed E-state index contributed by atoms with van der Waals surface area (Å²) in [6.07, 6.45) is 0. The summed E-state index contributed by atoms with van der Waals surface area (Å²) in [7, 11) is 1.52. The molecule has 3 nitrogen and oxygen atoms in total. The Morgan fingerprint density at radius 1 is 1.17 bits per heavy atom. The Morgan fingerprint density at radius 2 is 1.94 bits per heavy atom. The van der Waals surface area contributed by atoms with Gasteiger partial charge in [0.15, 0.2) is 0 Å². The molecule has 0 heterocycles. The van der Waals surface area contributed by atoms with Crippen molar-refractivity contribution < 1.29 is 13.9 Å². The van der Waals surface area contributed by atoms with Gasteiger partial charge in [-0.15, -0.1) is 0 Å². The van der Waals surface area contributed by atoms with Crippen molar-refractivity contribution in [1.29, 1.82) is 0 Å². The molecule has 0 fully saturated rings. The largest absolute Gasteiger partial charge is 0.495 e. The lowest BCUT2D eigenvalue weighted by Gasteiger charge is -2.09. The van der Waals surface area contributed by atoms with Gasteiger partial charge in [0, 0.05) is 5.56 Å². The van der Waals surface area contributed by atoms with Crippen LogP contribution in [-0.2, 0) is 0 Å². The summed E-state index contributed by atoms with van der Waals surface area (Å²) >= 11 is 0. The maximum absolute atomic E-state index is 13.0. The maximum Gasteiger partial charge on any atom is 0.255 e. The van der Waals surface area contributed by atoms with Crippen LogP contribution in [0.15, 0.2) is 48.5 Å². The number of amides is 1. The lowest BCUT2D eigenvalue weighted by Crippen LogP contribution is -2.12. The molecular formula is C14H12FNO2. The van der Waals surface area contributed by atoms with Crippen molar-refractivity contribution in [1.82, 2.24) is 0 Å². The molecule has 0 aromatic heterocycles. The summed E-state index contributed by atoms with van der Waals surface area (Å²) in [5, 5.41) is 2.67. The SMILES string of the molecule is COc1ccccc1NC(=O)c1cccc(F)c1. The summed E-state index contributed by atoms with van der Waals surface area (Å²) in [5.74, 6) is -0.260. The van der Waals surface area contributed by atoms with Gasteiger partial charge in [0.25, 0.3) is 5.91 Å². The summed E-state index contributed by atoms with van der Waals surface area (Å²) in [4.78, 5) is 11.9. The summed E-state index contributed by atoms with van der Waals surface area (Å²) in [6, 6.07) is 12.6. The van der Waals surface area contributed by atoms with E-state index in [1.54, 1.807) is 30.3 Å². The fourth-order valence-corrected chi connectivity index (χ4v) is 1.57. The van der Waals surface area contributed by atoms with E-state index in [0.717, 1.165) is 0 Å². The molecule has 0 aliphatic heterocycles. The van der Waals surface area contributed by atoms with Crippen molar-refractivity contribution in [3.8, 4) is 5.75 Å². The van der Waals surface area contributed by atoms with Gasteiger partial charge in [0.2, 0.25) is 0 Å². The highest BCUT2D eigenvalue weighted by Crippen LogP contribution is 2.23. The highest BCUT2D eigenvalue weighted by Gasteiger charge is 2.09. The first-order valence-electron chi connectivity index (χ1n) is 5.40. The van der Waals surface area contributed by atoms with Crippen LogP contribution in [-0.4, -0.2) is 13.0 Å². The Morgan fingerprint density at radius 3 is 2.67 bits per heavy atom. The average molecular weight is 245 g/mol. The summed E-state index contributed by atoms with van der Waals surface area (Å²) in [6.45, 7) is 0. The first-order chi connectivity index (χ1) is 8.70. The van der Waals surface area contributed by atoms with Crippen LogP contribution in [0.5, 0.6) is 5.75 Å². The zero-order valence-electron chi connectivity index (χ0n) is 9.81. The molecule has 1 N–H and O–H groups in total. The van der Waals surface area contributed by atoms with Crippen LogP contribution in [0.3, 0.4) is 0 Å². The number of nitrogens with one attached hydrogen (secondary N) is 1. The van der Waals surface area contributed by atoms with Crippen molar-refractivity contribution >= 4 is 11.6 Å². The van der Waals surface area contributed by atoms with Crippen molar-refractivity contribution in [2.75, 3.05) is 12.4 Å². The second-order valence-corrected chi connectivity index (χ2v) is 3.66. The quantitative estimate of drug-likeness (QED) is 0.902. The minimum absolute atomic E-state index is 0.265. The Labute approximate surface area is 104 Å².